The molecule has 0 aliphatic heterocycles. The van der Waals surface area contributed by atoms with Crippen LogP contribution in [0.5, 0.6) is 0 Å². The number of nitrogens with zero attached hydrogens (tertiary/aromatic N) is 3. The Balaban J connectivity index is 2.62. The van der Waals surface area contributed by atoms with Gasteiger partial charge in [0.25, 0.3) is 0 Å². The first-order valence-electron chi connectivity index (χ1n) is 7.17. The second kappa shape index (κ2) is 5.71. The Morgan fingerprint density at radius 3 is 2.62 bits per heavy atom. The lowest BCUT2D eigenvalue weighted by atomic mass is 10.1. The molecule has 0 unspecified atom stereocenters. The average Bonchev–Trinajstić information content (AvgIpc) is 2.81. The molecule has 0 bridgehead atoms. The van der Waals surface area contributed by atoms with E-state index in [1.807, 2.05) is 27.7 Å². The molecule has 0 saturated heterocycles. The molecule has 0 radical (unpaired) electrons. The van der Waals surface area contributed by atoms with E-state index in [1.165, 1.54) is 0 Å². The summed E-state index contributed by atoms with van der Waals surface area (Å²) in [6.45, 7) is 11.0. The number of hydrogen-bond acceptors (Lipinski definition) is 5. The SMILES string of the molecule is CCOC(=O)c1cnc2c(cnn2CC)c1NC(C)(C)C. The van der Waals surface area contributed by atoms with Crippen LogP contribution in [0.25, 0.3) is 11.0 Å². The molecule has 0 aliphatic rings. The summed E-state index contributed by atoms with van der Waals surface area (Å²) in [6, 6.07) is 0. The fourth-order valence-electron chi connectivity index (χ4n) is 2.13. The summed E-state index contributed by atoms with van der Waals surface area (Å²) in [4.78, 5) is 16.5. The van der Waals surface area contributed by atoms with Crippen molar-refractivity contribution in [1.29, 1.82) is 0 Å². The number of carbonyl (C=O) groups excluding carboxylic acids is 1. The van der Waals surface area contributed by atoms with Crippen molar-refractivity contribution in [3.05, 3.63) is 18.0 Å². The molecule has 2 aromatic heterocycles. The summed E-state index contributed by atoms with van der Waals surface area (Å²) in [5.74, 6) is -0.372. The van der Waals surface area contributed by atoms with Crippen LogP contribution in [0.3, 0.4) is 0 Å². The van der Waals surface area contributed by atoms with Crippen LogP contribution in [0, 0.1) is 0 Å². The van der Waals surface area contributed by atoms with Gasteiger partial charge in [-0.1, -0.05) is 0 Å². The molecule has 21 heavy (non-hydrogen) atoms. The minimum atomic E-state index is -0.372. The highest BCUT2D eigenvalue weighted by atomic mass is 16.5. The molecule has 0 amide bonds. The third-order valence-corrected chi connectivity index (χ3v) is 2.96. The minimum absolute atomic E-state index is 0.191. The Kier molecular flexibility index (Phi) is 4.16. The van der Waals surface area contributed by atoms with E-state index in [-0.39, 0.29) is 11.5 Å². The largest absolute Gasteiger partial charge is 0.462 e. The zero-order chi connectivity index (χ0) is 15.6. The van der Waals surface area contributed by atoms with Gasteiger partial charge in [0.15, 0.2) is 5.65 Å². The highest BCUT2D eigenvalue weighted by Crippen LogP contribution is 2.29. The Labute approximate surface area is 124 Å². The van der Waals surface area contributed by atoms with Crippen molar-refractivity contribution >= 4 is 22.7 Å². The monoisotopic (exact) mass is 290 g/mol. The van der Waals surface area contributed by atoms with Gasteiger partial charge in [-0.25, -0.2) is 14.5 Å². The molecular formula is C15H22N4O2. The standard InChI is InChI=1S/C15H22N4O2/c1-6-19-13-10(9-17-19)12(18-15(3,4)5)11(8-16-13)14(20)21-7-2/h8-9H,6-7H2,1-5H3,(H,16,18). The van der Waals surface area contributed by atoms with Gasteiger partial charge in [0.2, 0.25) is 0 Å². The van der Waals surface area contributed by atoms with Gasteiger partial charge in [0.1, 0.15) is 5.56 Å². The minimum Gasteiger partial charge on any atom is -0.462 e. The Bertz CT molecular complexity index is 655. The lowest BCUT2D eigenvalue weighted by Crippen LogP contribution is -2.27. The molecule has 0 atom stereocenters. The quantitative estimate of drug-likeness (QED) is 0.877. The highest BCUT2D eigenvalue weighted by Gasteiger charge is 2.22. The first kappa shape index (κ1) is 15.3. The van der Waals surface area contributed by atoms with Crippen LogP contribution in [0.4, 0.5) is 5.69 Å². The van der Waals surface area contributed by atoms with Gasteiger partial charge < -0.3 is 10.1 Å². The van der Waals surface area contributed by atoms with E-state index in [0.29, 0.717) is 12.2 Å². The Morgan fingerprint density at radius 2 is 2.05 bits per heavy atom. The maximum Gasteiger partial charge on any atom is 0.341 e. The van der Waals surface area contributed by atoms with E-state index in [2.05, 4.69) is 15.4 Å². The molecule has 1 N–H and O–H groups in total. The zero-order valence-corrected chi connectivity index (χ0v) is 13.2. The molecule has 2 heterocycles. The molecule has 2 aromatic rings. The zero-order valence-electron chi connectivity index (χ0n) is 13.2. The number of aromatic nitrogens is 3. The van der Waals surface area contributed by atoms with Crippen LogP contribution in [-0.2, 0) is 11.3 Å². The smallest absolute Gasteiger partial charge is 0.341 e. The number of carbonyl (C=O) groups is 1. The third-order valence-electron chi connectivity index (χ3n) is 2.96. The van der Waals surface area contributed by atoms with Crippen molar-refractivity contribution in [1.82, 2.24) is 14.8 Å². The maximum absolute atomic E-state index is 12.1. The van der Waals surface area contributed by atoms with Gasteiger partial charge in [0.05, 0.1) is 23.9 Å². The van der Waals surface area contributed by atoms with E-state index in [9.17, 15) is 4.79 Å². The van der Waals surface area contributed by atoms with Gasteiger partial charge in [-0.2, -0.15) is 5.10 Å². The van der Waals surface area contributed by atoms with Gasteiger partial charge in [-0.3, -0.25) is 0 Å². The van der Waals surface area contributed by atoms with Gasteiger partial charge in [-0.05, 0) is 34.6 Å². The van der Waals surface area contributed by atoms with Crippen molar-refractivity contribution in [3.8, 4) is 0 Å². The van der Waals surface area contributed by atoms with E-state index >= 15 is 0 Å². The van der Waals surface area contributed by atoms with Gasteiger partial charge in [-0.15, -0.1) is 0 Å². The van der Waals surface area contributed by atoms with Crippen LogP contribution in [0.15, 0.2) is 12.4 Å². The van der Waals surface area contributed by atoms with E-state index in [0.717, 1.165) is 23.3 Å². The van der Waals surface area contributed by atoms with Crippen LogP contribution < -0.4 is 5.32 Å². The third kappa shape index (κ3) is 3.15. The molecule has 0 saturated carbocycles. The average molecular weight is 290 g/mol. The summed E-state index contributed by atoms with van der Waals surface area (Å²) in [5.41, 5.74) is 1.74. The number of nitrogens with one attached hydrogen (secondary N) is 1. The summed E-state index contributed by atoms with van der Waals surface area (Å²) in [6.07, 6.45) is 3.30. The number of esters is 1. The van der Waals surface area contributed by atoms with Crippen LogP contribution in [-0.4, -0.2) is 32.9 Å². The van der Waals surface area contributed by atoms with Crippen molar-refractivity contribution in [2.75, 3.05) is 11.9 Å². The summed E-state index contributed by atoms with van der Waals surface area (Å²) >= 11 is 0. The topological polar surface area (TPSA) is 69.0 Å². The lowest BCUT2D eigenvalue weighted by Gasteiger charge is -2.24. The van der Waals surface area contributed by atoms with Crippen LogP contribution >= 0.6 is 0 Å². The molecule has 114 valence electrons. The predicted octanol–water partition coefficient (Wildman–Crippen LogP) is 2.84. The number of rotatable bonds is 4. The van der Waals surface area contributed by atoms with Crippen LogP contribution in [0.2, 0.25) is 0 Å². The van der Waals surface area contributed by atoms with Crippen molar-refractivity contribution < 1.29 is 9.53 Å². The summed E-state index contributed by atoms with van der Waals surface area (Å²) in [5, 5.41) is 8.52. The number of fused-ring (bicyclic) bond motifs is 1. The fourth-order valence-corrected chi connectivity index (χ4v) is 2.13. The molecule has 0 fully saturated rings. The first-order chi connectivity index (χ1) is 9.87. The van der Waals surface area contributed by atoms with Crippen molar-refractivity contribution in [2.24, 2.45) is 0 Å². The highest BCUT2D eigenvalue weighted by molar-refractivity contribution is 6.04. The van der Waals surface area contributed by atoms with E-state index < -0.39 is 0 Å². The van der Waals surface area contributed by atoms with Crippen molar-refractivity contribution in [2.45, 2.75) is 46.7 Å². The number of hydrogen-bond donors (Lipinski definition) is 1. The maximum atomic E-state index is 12.1. The second-order valence-electron chi connectivity index (χ2n) is 5.84. The molecule has 0 spiro atoms. The van der Waals surface area contributed by atoms with E-state index in [4.69, 9.17) is 4.74 Å². The Morgan fingerprint density at radius 1 is 1.33 bits per heavy atom. The molecule has 0 aromatic carbocycles. The van der Waals surface area contributed by atoms with Crippen molar-refractivity contribution in [3.63, 3.8) is 0 Å². The summed E-state index contributed by atoms with van der Waals surface area (Å²) < 4.78 is 6.92. The molecule has 0 aliphatic carbocycles. The number of anilines is 1. The number of ether oxygens (including phenoxy) is 1. The predicted molar refractivity (Wildman–Crippen MR) is 82.5 cm³/mol. The van der Waals surface area contributed by atoms with Gasteiger partial charge >= 0.3 is 5.97 Å². The Hall–Kier alpha value is -2.11. The summed E-state index contributed by atoms with van der Waals surface area (Å²) in [7, 11) is 0. The lowest BCUT2D eigenvalue weighted by molar-refractivity contribution is 0.0527. The molecule has 2 rings (SSSR count). The molecule has 6 heteroatoms. The molecular weight excluding hydrogens is 268 g/mol. The number of pyridine rings is 1. The fraction of sp³-hybridized carbons (Fsp3) is 0.533. The normalized spacial score (nSPS) is 11.7. The first-order valence-corrected chi connectivity index (χ1v) is 7.17. The number of aryl methyl sites for hydroxylation is 1. The van der Waals surface area contributed by atoms with E-state index in [1.54, 1.807) is 24.0 Å². The second-order valence-corrected chi connectivity index (χ2v) is 5.84. The van der Waals surface area contributed by atoms with Crippen LogP contribution in [0.1, 0.15) is 45.0 Å². The van der Waals surface area contributed by atoms with Gasteiger partial charge in [0, 0.05) is 18.3 Å². The molecule has 6 nitrogen and oxygen atoms in total.